The van der Waals surface area contributed by atoms with Gasteiger partial charge in [-0.2, -0.15) is 0 Å². The van der Waals surface area contributed by atoms with Crippen molar-refractivity contribution in [2.45, 2.75) is 25.8 Å². The van der Waals surface area contributed by atoms with Crippen LogP contribution in [0.3, 0.4) is 0 Å². The lowest BCUT2D eigenvalue weighted by atomic mass is 10.1. The van der Waals surface area contributed by atoms with E-state index < -0.39 is 22.6 Å². The molecule has 4 rings (SSSR count). The van der Waals surface area contributed by atoms with Crippen LogP contribution in [0.2, 0.25) is 0 Å². The van der Waals surface area contributed by atoms with Gasteiger partial charge in [0.1, 0.15) is 11.6 Å². The predicted molar refractivity (Wildman–Crippen MR) is 112 cm³/mol. The van der Waals surface area contributed by atoms with Crippen LogP contribution >= 0.6 is 0 Å². The van der Waals surface area contributed by atoms with Crippen molar-refractivity contribution in [3.05, 3.63) is 68.3 Å². The van der Waals surface area contributed by atoms with Gasteiger partial charge in [0.2, 0.25) is 0 Å². The molecule has 31 heavy (non-hydrogen) atoms. The molecule has 1 aliphatic rings. The molecule has 0 radical (unpaired) electrons. The van der Waals surface area contributed by atoms with Crippen molar-refractivity contribution in [3.63, 3.8) is 0 Å². The zero-order valence-electron chi connectivity index (χ0n) is 16.9. The maximum absolute atomic E-state index is 13.6. The quantitative estimate of drug-likeness (QED) is 0.502. The third-order valence-corrected chi connectivity index (χ3v) is 5.51. The number of non-ortho nitro benzene ring substituents is 1. The molecule has 0 spiro atoms. The minimum atomic E-state index is -1.08. The number of hydrogen-bond acceptors (Lipinski definition) is 6. The van der Waals surface area contributed by atoms with Crippen LogP contribution in [0, 0.1) is 17.0 Å². The van der Waals surface area contributed by atoms with E-state index in [2.05, 4.69) is 4.98 Å². The number of carboxylic acid groups (broad SMARTS) is 1. The van der Waals surface area contributed by atoms with Gasteiger partial charge in [-0.3, -0.25) is 24.4 Å². The van der Waals surface area contributed by atoms with E-state index in [4.69, 9.17) is 4.74 Å². The van der Waals surface area contributed by atoms with Gasteiger partial charge in [0.15, 0.2) is 0 Å². The maximum atomic E-state index is 13.6. The summed E-state index contributed by atoms with van der Waals surface area (Å²) in [7, 11) is 1.52. The highest BCUT2D eigenvalue weighted by atomic mass is 16.6. The van der Waals surface area contributed by atoms with E-state index in [1.807, 2.05) is 0 Å². The van der Waals surface area contributed by atoms with Gasteiger partial charge in [-0.1, -0.05) is 0 Å². The van der Waals surface area contributed by atoms with E-state index in [0.717, 1.165) is 0 Å². The first-order chi connectivity index (χ1) is 14.8. The first-order valence-corrected chi connectivity index (χ1v) is 9.67. The largest absolute Gasteiger partial charge is 0.497 e. The monoisotopic (exact) mass is 424 g/mol. The fourth-order valence-corrected chi connectivity index (χ4v) is 4.03. The molecule has 3 aromatic rings. The molecule has 0 saturated carbocycles. The Labute approximate surface area is 176 Å². The molecular formula is C21H20N4O6. The van der Waals surface area contributed by atoms with Crippen LogP contribution in [0.4, 0.5) is 10.5 Å². The Hall–Kier alpha value is -3.95. The number of hydrogen-bond donors (Lipinski definition) is 1. The van der Waals surface area contributed by atoms with E-state index in [1.54, 1.807) is 31.2 Å². The molecule has 1 N–H and O–H groups in total. The molecule has 0 bridgehead atoms. The number of aryl methyl sites for hydroxylation is 1. The van der Waals surface area contributed by atoms with E-state index in [9.17, 15) is 24.8 Å². The summed E-state index contributed by atoms with van der Waals surface area (Å²) in [6.07, 6.45) is 0.0812. The Morgan fingerprint density at radius 3 is 2.61 bits per heavy atom. The fraction of sp³-hybridized carbons (Fsp3) is 0.286. The number of carbonyl (C=O) groups is 1. The number of likely N-dealkylation sites (tertiary alicyclic amines) is 1. The highest BCUT2D eigenvalue weighted by Crippen LogP contribution is 2.33. The Morgan fingerprint density at radius 2 is 2.00 bits per heavy atom. The molecule has 1 amide bonds. The lowest BCUT2D eigenvalue weighted by Crippen LogP contribution is -2.34. The highest BCUT2D eigenvalue weighted by molar-refractivity contribution is 5.84. The fourth-order valence-electron chi connectivity index (χ4n) is 4.03. The van der Waals surface area contributed by atoms with Crippen molar-refractivity contribution >= 4 is 22.7 Å². The molecular weight excluding hydrogens is 404 g/mol. The van der Waals surface area contributed by atoms with Gasteiger partial charge in [-0.05, 0) is 49.6 Å². The predicted octanol–water partition coefficient (Wildman–Crippen LogP) is 3.43. The number of nitrogens with zero attached hydrogens (tertiary/aromatic N) is 4. The molecule has 2 aromatic carbocycles. The topological polar surface area (TPSA) is 128 Å². The summed E-state index contributed by atoms with van der Waals surface area (Å²) in [5, 5.41) is 21.0. The number of amides is 1. The van der Waals surface area contributed by atoms with Gasteiger partial charge in [-0.15, -0.1) is 0 Å². The third-order valence-electron chi connectivity index (χ3n) is 5.51. The van der Waals surface area contributed by atoms with Gasteiger partial charge in [-0.25, -0.2) is 9.78 Å². The molecule has 1 fully saturated rings. The van der Waals surface area contributed by atoms with Crippen molar-refractivity contribution < 1.29 is 19.6 Å². The van der Waals surface area contributed by atoms with E-state index in [-0.39, 0.29) is 11.1 Å². The summed E-state index contributed by atoms with van der Waals surface area (Å²) in [6.45, 7) is 1.99. The van der Waals surface area contributed by atoms with Gasteiger partial charge in [0, 0.05) is 18.7 Å². The molecule has 160 valence electrons. The van der Waals surface area contributed by atoms with Crippen molar-refractivity contribution in [1.29, 1.82) is 0 Å². The van der Waals surface area contributed by atoms with E-state index >= 15 is 0 Å². The number of rotatable bonds is 4. The number of ether oxygens (including phenoxy) is 1. The Bertz CT molecular complexity index is 1250. The molecule has 2 heterocycles. The zero-order valence-corrected chi connectivity index (χ0v) is 16.9. The third kappa shape index (κ3) is 3.45. The second kappa shape index (κ2) is 7.71. The number of fused-ring (bicyclic) bond motifs is 1. The minimum absolute atomic E-state index is 0.103. The second-order valence-corrected chi connectivity index (χ2v) is 7.36. The number of benzene rings is 2. The number of nitro benzene ring substituents is 1. The maximum Gasteiger partial charge on any atom is 0.407 e. The van der Waals surface area contributed by atoms with Gasteiger partial charge in [0.05, 0.1) is 34.7 Å². The summed E-state index contributed by atoms with van der Waals surface area (Å²) in [4.78, 5) is 42.0. The van der Waals surface area contributed by atoms with Crippen molar-refractivity contribution in [1.82, 2.24) is 14.5 Å². The smallest absolute Gasteiger partial charge is 0.407 e. The Morgan fingerprint density at radius 1 is 1.29 bits per heavy atom. The molecule has 1 aliphatic heterocycles. The summed E-state index contributed by atoms with van der Waals surface area (Å²) in [6, 6.07) is 8.66. The van der Waals surface area contributed by atoms with Gasteiger partial charge >= 0.3 is 6.09 Å². The van der Waals surface area contributed by atoms with Crippen LogP contribution in [0.5, 0.6) is 5.75 Å². The molecule has 10 nitrogen and oxygen atoms in total. The normalized spacial score (nSPS) is 15.9. The molecule has 0 aliphatic carbocycles. The van der Waals surface area contributed by atoms with Crippen molar-refractivity contribution in [2.75, 3.05) is 13.7 Å². The molecule has 0 unspecified atom stereocenters. The molecule has 1 atom stereocenters. The number of methoxy groups -OCH3 is 1. The number of nitro groups is 1. The first-order valence-electron chi connectivity index (χ1n) is 9.67. The average Bonchev–Trinajstić information content (AvgIpc) is 3.24. The Balaban J connectivity index is 2.05. The minimum Gasteiger partial charge on any atom is -0.497 e. The van der Waals surface area contributed by atoms with E-state index in [1.165, 1.54) is 28.7 Å². The van der Waals surface area contributed by atoms with Crippen LogP contribution < -0.4 is 10.3 Å². The summed E-state index contributed by atoms with van der Waals surface area (Å²) >= 11 is 0. The van der Waals surface area contributed by atoms with Crippen LogP contribution in [0.15, 0.2) is 41.2 Å². The summed E-state index contributed by atoms with van der Waals surface area (Å²) in [5.74, 6) is 0.881. The highest BCUT2D eigenvalue weighted by Gasteiger charge is 2.34. The molecule has 1 aromatic heterocycles. The lowest BCUT2D eigenvalue weighted by molar-refractivity contribution is -0.384. The van der Waals surface area contributed by atoms with Crippen molar-refractivity contribution in [3.8, 4) is 11.4 Å². The Kier molecular flexibility index (Phi) is 5.05. The number of aromatic nitrogens is 2. The summed E-state index contributed by atoms with van der Waals surface area (Å²) < 4.78 is 6.52. The van der Waals surface area contributed by atoms with Crippen LogP contribution in [0.1, 0.15) is 30.3 Å². The lowest BCUT2D eigenvalue weighted by Gasteiger charge is -2.24. The van der Waals surface area contributed by atoms with Crippen LogP contribution in [-0.2, 0) is 0 Å². The second-order valence-electron chi connectivity index (χ2n) is 7.36. The first kappa shape index (κ1) is 20.3. The van der Waals surface area contributed by atoms with Gasteiger partial charge in [0.25, 0.3) is 11.2 Å². The van der Waals surface area contributed by atoms with Crippen LogP contribution in [-0.4, -0.2) is 44.2 Å². The van der Waals surface area contributed by atoms with Crippen LogP contribution in [0.25, 0.3) is 16.6 Å². The van der Waals surface area contributed by atoms with Crippen molar-refractivity contribution in [2.24, 2.45) is 0 Å². The average molecular weight is 424 g/mol. The molecule has 10 heteroatoms. The molecule has 1 saturated heterocycles. The SMILES string of the molecule is COc1ccc(-n2c([C@@H]3CCCN3C(=O)O)nc3c(C)cc([N+](=O)[O-])cc3c2=O)cc1. The standard InChI is InChI=1S/C21H20N4O6/c1-12-10-14(25(29)30)11-16-18(12)22-19(17-4-3-9-23(17)21(27)28)24(20(16)26)13-5-7-15(31-2)8-6-13/h5-8,10-11,17H,3-4,9H2,1-2H3,(H,27,28)/t17-/m0/s1. The zero-order chi connectivity index (χ0) is 22.3. The van der Waals surface area contributed by atoms with E-state index in [0.29, 0.717) is 47.7 Å². The summed E-state index contributed by atoms with van der Waals surface area (Å²) in [5.41, 5.74) is 0.577. The van der Waals surface area contributed by atoms with Gasteiger partial charge < -0.3 is 9.84 Å².